The highest BCUT2D eigenvalue weighted by Crippen LogP contribution is 2.44. The van der Waals surface area contributed by atoms with Gasteiger partial charge in [0.05, 0.1) is 5.41 Å². The second-order valence-corrected chi connectivity index (χ2v) is 6.44. The summed E-state index contributed by atoms with van der Waals surface area (Å²) in [7, 11) is 0. The monoisotopic (exact) mass is 303 g/mol. The van der Waals surface area contributed by atoms with Crippen molar-refractivity contribution in [3.63, 3.8) is 0 Å². The van der Waals surface area contributed by atoms with Crippen LogP contribution in [0.4, 0.5) is 0 Å². The summed E-state index contributed by atoms with van der Waals surface area (Å²) in [6.07, 6.45) is 8.84. The predicted molar refractivity (Wildman–Crippen MR) is 79.3 cm³/mol. The van der Waals surface area contributed by atoms with E-state index < -0.39 is 11.4 Å². The molecule has 1 aromatic rings. The second kappa shape index (κ2) is 6.02. The summed E-state index contributed by atoms with van der Waals surface area (Å²) in [5, 5.41) is 12.0. The van der Waals surface area contributed by atoms with Crippen LogP contribution in [0.5, 0.6) is 0 Å². The molecule has 118 valence electrons. The lowest BCUT2D eigenvalue weighted by Crippen LogP contribution is -2.42. The Morgan fingerprint density at radius 2 is 1.95 bits per heavy atom. The number of rotatable bonds is 7. The van der Waals surface area contributed by atoms with E-state index >= 15 is 0 Å². The molecular weight excluding hydrogens is 282 g/mol. The van der Waals surface area contributed by atoms with Gasteiger partial charge in [-0.25, -0.2) is 9.97 Å². The van der Waals surface area contributed by atoms with E-state index in [1.165, 1.54) is 12.8 Å². The fourth-order valence-corrected chi connectivity index (χ4v) is 2.83. The fraction of sp³-hybridized carbons (Fsp3) is 0.625. The summed E-state index contributed by atoms with van der Waals surface area (Å²) < 4.78 is 0. The molecule has 2 fully saturated rings. The van der Waals surface area contributed by atoms with Crippen molar-refractivity contribution in [2.24, 2.45) is 5.41 Å². The Labute approximate surface area is 129 Å². The molecule has 0 spiro atoms. The van der Waals surface area contributed by atoms with Crippen molar-refractivity contribution in [1.82, 2.24) is 15.3 Å². The standard InChI is InChI=1S/C16H21N3O3/c20-13(8-16(15(21)22)5-1-6-16)17-7-4-11-9-18-14(19-10-11)12-2-3-12/h9-10,12H,1-8H2,(H,17,20)(H,21,22). The van der Waals surface area contributed by atoms with Gasteiger partial charge in [-0.3, -0.25) is 9.59 Å². The molecule has 2 aliphatic carbocycles. The first-order chi connectivity index (χ1) is 10.6. The van der Waals surface area contributed by atoms with Crippen LogP contribution in [0.1, 0.15) is 55.8 Å². The number of hydrogen-bond acceptors (Lipinski definition) is 4. The first kappa shape index (κ1) is 14.9. The number of hydrogen-bond donors (Lipinski definition) is 2. The van der Waals surface area contributed by atoms with E-state index in [0.717, 1.165) is 17.8 Å². The molecule has 3 rings (SSSR count). The average molecular weight is 303 g/mol. The molecule has 0 aromatic carbocycles. The Balaban J connectivity index is 1.42. The van der Waals surface area contributed by atoms with Crippen LogP contribution in [-0.2, 0) is 16.0 Å². The molecule has 0 radical (unpaired) electrons. The zero-order chi connectivity index (χ0) is 15.6. The van der Waals surface area contributed by atoms with Gasteiger partial charge in [-0.15, -0.1) is 0 Å². The normalized spacial score (nSPS) is 19.3. The number of aliphatic carboxylic acids is 1. The Morgan fingerprint density at radius 1 is 1.27 bits per heavy atom. The molecule has 1 aromatic heterocycles. The lowest BCUT2D eigenvalue weighted by atomic mass is 9.66. The van der Waals surface area contributed by atoms with E-state index in [0.29, 0.717) is 31.7 Å². The van der Waals surface area contributed by atoms with Crippen molar-refractivity contribution < 1.29 is 14.7 Å². The number of carbonyl (C=O) groups excluding carboxylic acids is 1. The van der Waals surface area contributed by atoms with Crippen LogP contribution in [0, 0.1) is 5.41 Å². The van der Waals surface area contributed by atoms with Crippen molar-refractivity contribution in [1.29, 1.82) is 0 Å². The van der Waals surface area contributed by atoms with Crippen LogP contribution in [0.3, 0.4) is 0 Å². The minimum absolute atomic E-state index is 0.0828. The maximum atomic E-state index is 11.9. The average Bonchev–Trinajstić information content (AvgIpc) is 3.28. The maximum Gasteiger partial charge on any atom is 0.310 e. The summed E-state index contributed by atoms with van der Waals surface area (Å²) >= 11 is 0. The lowest BCUT2D eigenvalue weighted by molar-refractivity contribution is -0.157. The number of carboxylic acid groups (broad SMARTS) is 1. The number of aromatic nitrogens is 2. The third kappa shape index (κ3) is 3.26. The molecule has 22 heavy (non-hydrogen) atoms. The maximum absolute atomic E-state index is 11.9. The van der Waals surface area contributed by atoms with E-state index in [2.05, 4.69) is 15.3 Å². The van der Waals surface area contributed by atoms with Gasteiger partial charge in [0, 0.05) is 31.3 Å². The quantitative estimate of drug-likeness (QED) is 0.799. The van der Waals surface area contributed by atoms with Crippen LogP contribution < -0.4 is 5.32 Å². The van der Waals surface area contributed by atoms with Gasteiger partial charge in [-0.2, -0.15) is 0 Å². The molecule has 0 aliphatic heterocycles. The molecule has 0 saturated heterocycles. The highest BCUT2D eigenvalue weighted by atomic mass is 16.4. The van der Waals surface area contributed by atoms with E-state index in [1.54, 1.807) is 0 Å². The van der Waals surface area contributed by atoms with Gasteiger partial charge in [-0.05, 0) is 37.7 Å². The van der Waals surface area contributed by atoms with E-state index in [4.69, 9.17) is 0 Å². The summed E-state index contributed by atoms with van der Waals surface area (Å²) in [6.45, 7) is 0.487. The van der Waals surface area contributed by atoms with Crippen molar-refractivity contribution in [3.8, 4) is 0 Å². The number of nitrogens with zero attached hydrogens (tertiary/aromatic N) is 2. The summed E-state index contributed by atoms with van der Waals surface area (Å²) in [6, 6.07) is 0. The van der Waals surface area contributed by atoms with Crippen LogP contribution >= 0.6 is 0 Å². The number of amides is 1. The van der Waals surface area contributed by atoms with Gasteiger partial charge in [0.15, 0.2) is 0 Å². The summed E-state index contributed by atoms with van der Waals surface area (Å²) in [5.74, 6) is 0.431. The zero-order valence-electron chi connectivity index (χ0n) is 12.5. The minimum Gasteiger partial charge on any atom is -0.481 e. The molecular formula is C16H21N3O3. The van der Waals surface area contributed by atoms with Crippen LogP contribution in [0.15, 0.2) is 12.4 Å². The molecule has 0 unspecified atom stereocenters. The van der Waals surface area contributed by atoms with Gasteiger partial charge in [0.25, 0.3) is 0 Å². The van der Waals surface area contributed by atoms with Crippen molar-refractivity contribution >= 4 is 11.9 Å². The molecule has 6 heteroatoms. The number of nitrogens with one attached hydrogen (secondary N) is 1. The van der Waals surface area contributed by atoms with E-state index in [-0.39, 0.29) is 12.3 Å². The van der Waals surface area contributed by atoms with E-state index in [9.17, 15) is 14.7 Å². The van der Waals surface area contributed by atoms with Crippen LogP contribution in [0.2, 0.25) is 0 Å². The molecule has 2 N–H and O–H groups in total. The third-order valence-electron chi connectivity index (χ3n) is 4.67. The van der Waals surface area contributed by atoms with Crippen molar-refractivity contribution in [2.45, 2.75) is 50.9 Å². The Kier molecular flexibility index (Phi) is 4.09. The lowest BCUT2D eigenvalue weighted by Gasteiger charge is -2.36. The summed E-state index contributed by atoms with van der Waals surface area (Å²) in [5.41, 5.74) is 0.167. The van der Waals surface area contributed by atoms with Crippen molar-refractivity contribution in [3.05, 3.63) is 23.8 Å². The highest BCUT2D eigenvalue weighted by Gasteiger charge is 2.45. The Hall–Kier alpha value is -1.98. The highest BCUT2D eigenvalue weighted by molar-refractivity contribution is 5.85. The molecule has 1 heterocycles. The third-order valence-corrected chi connectivity index (χ3v) is 4.67. The molecule has 2 aliphatic rings. The largest absolute Gasteiger partial charge is 0.481 e. The smallest absolute Gasteiger partial charge is 0.310 e. The van der Waals surface area contributed by atoms with Gasteiger partial charge in [0.2, 0.25) is 5.91 Å². The van der Waals surface area contributed by atoms with Gasteiger partial charge in [-0.1, -0.05) is 6.42 Å². The predicted octanol–water partition coefficient (Wildman–Crippen LogP) is 1.66. The first-order valence-corrected chi connectivity index (χ1v) is 7.90. The van der Waals surface area contributed by atoms with Gasteiger partial charge >= 0.3 is 5.97 Å². The fourth-order valence-electron chi connectivity index (χ4n) is 2.83. The number of carbonyl (C=O) groups is 2. The molecule has 2 saturated carbocycles. The minimum atomic E-state index is -0.849. The SMILES string of the molecule is O=C(CC1(C(=O)O)CCC1)NCCc1cnc(C2CC2)nc1. The topological polar surface area (TPSA) is 92.2 Å². The second-order valence-electron chi connectivity index (χ2n) is 6.44. The number of carboxylic acids is 1. The Bertz CT molecular complexity index is 563. The molecule has 6 nitrogen and oxygen atoms in total. The summed E-state index contributed by atoms with van der Waals surface area (Å²) in [4.78, 5) is 31.8. The van der Waals surface area contributed by atoms with Crippen LogP contribution in [0.25, 0.3) is 0 Å². The molecule has 0 bridgehead atoms. The van der Waals surface area contributed by atoms with Crippen LogP contribution in [-0.4, -0.2) is 33.5 Å². The molecule has 0 atom stereocenters. The molecule has 1 amide bonds. The first-order valence-electron chi connectivity index (χ1n) is 7.90. The van der Waals surface area contributed by atoms with E-state index in [1.807, 2.05) is 12.4 Å². The van der Waals surface area contributed by atoms with Gasteiger partial charge in [0.1, 0.15) is 5.82 Å². The van der Waals surface area contributed by atoms with Gasteiger partial charge < -0.3 is 10.4 Å². The zero-order valence-corrected chi connectivity index (χ0v) is 12.5. The van der Waals surface area contributed by atoms with Crippen molar-refractivity contribution in [2.75, 3.05) is 6.54 Å². The Morgan fingerprint density at radius 3 is 2.45 bits per heavy atom.